The topological polar surface area (TPSA) is 69.9 Å². The maximum atomic E-state index is 13.5. The fourth-order valence-electron chi connectivity index (χ4n) is 4.74. The summed E-state index contributed by atoms with van der Waals surface area (Å²) in [4.78, 5) is 9.13. The number of nitrogens with one attached hydrogen (secondary N) is 1. The Labute approximate surface area is 206 Å². The number of anilines is 1. The summed E-state index contributed by atoms with van der Waals surface area (Å²) in [6, 6.07) is 7.48. The molecule has 3 heterocycles. The fourth-order valence-corrected chi connectivity index (χ4v) is 4.74. The van der Waals surface area contributed by atoms with E-state index in [1.165, 1.54) is 13.0 Å². The Kier molecular flexibility index (Phi) is 6.15. The molecule has 7 nitrogen and oxygen atoms in total. The first-order chi connectivity index (χ1) is 17.2. The zero-order valence-electron chi connectivity index (χ0n) is 20.4. The molecule has 4 aromatic rings. The number of aromatic nitrogens is 3. The second kappa shape index (κ2) is 9.16. The Bertz CT molecular complexity index is 1430. The van der Waals surface area contributed by atoms with Gasteiger partial charge in [0.15, 0.2) is 11.5 Å². The monoisotopic (exact) mass is 500 g/mol. The van der Waals surface area contributed by atoms with E-state index >= 15 is 0 Å². The molecule has 0 amide bonds. The number of imidazole rings is 1. The lowest BCUT2D eigenvalue weighted by molar-refractivity contribution is -0.138. The number of methoxy groups -OCH3 is 1. The summed E-state index contributed by atoms with van der Waals surface area (Å²) in [6.45, 7) is 6.36. The Morgan fingerprint density at radius 1 is 1.19 bits per heavy atom. The number of fused-ring (bicyclic) bond motifs is 3. The Hall–Kier alpha value is -3.53. The van der Waals surface area contributed by atoms with Crippen molar-refractivity contribution in [2.24, 2.45) is 0 Å². The highest BCUT2D eigenvalue weighted by Crippen LogP contribution is 2.39. The van der Waals surface area contributed by atoms with E-state index in [1.54, 1.807) is 19.4 Å². The van der Waals surface area contributed by atoms with Crippen molar-refractivity contribution >= 4 is 22.5 Å². The average molecular weight is 501 g/mol. The summed E-state index contributed by atoms with van der Waals surface area (Å²) < 4.78 is 59.7. The van der Waals surface area contributed by atoms with Gasteiger partial charge in [-0.1, -0.05) is 12.1 Å². The van der Waals surface area contributed by atoms with E-state index in [9.17, 15) is 13.2 Å². The van der Waals surface area contributed by atoms with Crippen molar-refractivity contribution in [1.29, 1.82) is 0 Å². The molecule has 1 aliphatic heterocycles. The van der Waals surface area contributed by atoms with E-state index in [4.69, 9.17) is 19.2 Å². The second-order valence-electron chi connectivity index (χ2n) is 9.00. The smallest absolute Gasteiger partial charge is 0.416 e. The molecule has 10 heteroatoms. The van der Waals surface area contributed by atoms with E-state index < -0.39 is 17.8 Å². The molecule has 2 aromatic carbocycles. The lowest BCUT2D eigenvalue weighted by Crippen LogP contribution is -2.16. The van der Waals surface area contributed by atoms with E-state index in [0.717, 1.165) is 29.1 Å². The van der Waals surface area contributed by atoms with Crippen molar-refractivity contribution in [3.05, 3.63) is 58.9 Å². The molecule has 2 atom stereocenters. The molecule has 0 bridgehead atoms. The maximum absolute atomic E-state index is 13.5. The zero-order valence-corrected chi connectivity index (χ0v) is 20.4. The number of rotatable bonds is 6. The van der Waals surface area contributed by atoms with Crippen molar-refractivity contribution in [2.75, 3.05) is 25.6 Å². The maximum Gasteiger partial charge on any atom is 0.416 e. The van der Waals surface area contributed by atoms with Crippen LogP contribution in [0.25, 0.3) is 16.7 Å². The van der Waals surface area contributed by atoms with Crippen LogP contribution >= 0.6 is 0 Å². The van der Waals surface area contributed by atoms with Gasteiger partial charge in [0.05, 0.1) is 43.6 Å². The Morgan fingerprint density at radius 2 is 2.00 bits per heavy atom. The average Bonchev–Trinajstić information content (AvgIpc) is 3.48. The third-order valence-corrected chi connectivity index (χ3v) is 6.59. The molecular weight excluding hydrogens is 473 g/mol. The highest BCUT2D eigenvalue weighted by Gasteiger charge is 2.33. The predicted octanol–water partition coefficient (Wildman–Crippen LogP) is 5.87. The van der Waals surface area contributed by atoms with Gasteiger partial charge in [0.2, 0.25) is 5.78 Å². The summed E-state index contributed by atoms with van der Waals surface area (Å²) in [7, 11) is 1.58. The fraction of sp³-hybridized carbons (Fsp3) is 0.385. The lowest BCUT2D eigenvalue weighted by atomic mass is 9.97. The van der Waals surface area contributed by atoms with Gasteiger partial charge in [-0.3, -0.25) is 4.40 Å². The number of hydrogen-bond acceptors (Lipinski definition) is 6. The van der Waals surface area contributed by atoms with E-state index in [1.807, 2.05) is 30.4 Å². The highest BCUT2D eigenvalue weighted by molar-refractivity contribution is 5.94. The summed E-state index contributed by atoms with van der Waals surface area (Å²) in [5, 5.41) is 4.06. The molecule has 190 valence electrons. The number of aryl methyl sites for hydroxylation is 1. The molecular formula is C26H27F3N4O3. The van der Waals surface area contributed by atoms with Crippen LogP contribution in [0.15, 0.2) is 36.5 Å². The minimum absolute atomic E-state index is 0.0916. The summed E-state index contributed by atoms with van der Waals surface area (Å²) in [5.74, 6) is 2.06. The first-order valence-corrected chi connectivity index (χ1v) is 11.7. The van der Waals surface area contributed by atoms with Crippen LogP contribution < -0.4 is 14.8 Å². The minimum atomic E-state index is -4.43. The molecule has 2 aromatic heterocycles. The molecule has 1 saturated heterocycles. The van der Waals surface area contributed by atoms with Gasteiger partial charge in [-0.25, -0.2) is 4.98 Å². The van der Waals surface area contributed by atoms with Crippen LogP contribution in [0.5, 0.6) is 11.5 Å². The van der Waals surface area contributed by atoms with Crippen molar-refractivity contribution in [3.63, 3.8) is 0 Å². The first kappa shape index (κ1) is 24.2. The van der Waals surface area contributed by atoms with Crippen molar-refractivity contribution in [3.8, 4) is 11.5 Å². The third-order valence-electron chi connectivity index (χ3n) is 6.59. The SMILES string of the molecule is COc1cc2c(cc1OC1CCOC1)c(NC(C)c1cccc(C(F)(F)F)c1C)nc1ncc(C)n12. The Morgan fingerprint density at radius 3 is 2.69 bits per heavy atom. The van der Waals surface area contributed by atoms with Crippen LogP contribution in [-0.4, -0.2) is 40.8 Å². The molecule has 0 saturated carbocycles. The zero-order chi connectivity index (χ0) is 25.6. The van der Waals surface area contributed by atoms with Crippen LogP contribution in [0.2, 0.25) is 0 Å². The molecule has 1 N–H and O–H groups in total. The van der Waals surface area contributed by atoms with E-state index in [0.29, 0.717) is 41.9 Å². The van der Waals surface area contributed by atoms with Crippen LogP contribution in [-0.2, 0) is 10.9 Å². The normalized spacial score (nSPS) is 17.0. The molecule has 36 heavy (non-hydrogen) atoms. The molecule has 5 rings (SSSR count). The molecule has 2 unspecified atom stereocenters. The van der Waals surface area contributed by atoms with Gasteiger partial charge in [-0.05, 0) is 44.0 Å². The quantitative estimate of drug-likeness (QED) is 0.357. The van der Waals surface area contributed by atoms with Gasteiger partial charge in [-0.15, -0.1) is 0 Å². The van der Waals surface area contributed by atoms with Gasteiger partial charge >= 0.3 is 6.18 Å². The molecule has 1 aliphatic rings. The second-order valence-corrected chi connectivity index (χ2v) is 9.00. The lowest BCUT2D eigenvalue weighted by Gasteiger charge is -2.22. The first-order valence-electron chi connectivity index (χ1n) is 11.7. The van der Waals surface area contributed by atoms with Crippen LogP contribution in [0.1, 0.15) is 41.8 Å². The van der Waals surface area contributed by atoms with Crippen molar-refractivity contribution in [2.45, 2.75) is 45.5 Å². The van der Waals surface area contributed by atoms with Gasteiger partial charge in [0, 0.05) is 23.6 Å². The number of alkyl halides is 3. The van der Waals surface area contributed by atoms with Gasteiger partial charge < -0.3 is 19.5 Å². The van der Waals surface area contributed by atoms with Crippen molar-refractivity contribution in [1.82, 2.24) is 14.4 Å². The summed E-state index contributed by atoms with van der Waals surface area (Å²) in [5.41, 5.74) is 1.74. The van der Waals surface area contributed by atoms with Crippen molar-refractivity contribution < 1.29 is 27.4 Å². The van der Waals surface area contributed by atoms with Crippen LogP contribution in [0, 0.1) is 13.8 Å². The largest absolute Gasteiger partial charge is 0.493 e. The van der Waals surface area contributed by atoms with E-state index in [2.05, 4.69) is 10.3 Å². The van der Waals surface area contributed by atoms with Crippen LogP contribution in [0.3, 0.4) is 0 Å². The third kappa shape index (κ3) is 4.30. The number of hydrogen-bond donors (Lipinski definition) is 1. The minimum Gasteiger partial charge on any atom is -0.493 e. The Balaban J connectivity index is 1.62. The number of benzene rings is 2. The molecule has 0 aliphatic carbocycles. The summed E-state index contributed by atoms with van der Waals surface area (Å²) >= 11 is 0. The molecule has 0 radical (unpaired) electrons. The number of ether oxygens (including phenoxy) is 3. The summed E-state index contributed by atoms with van der Waals surface area (Å²) in [6.07, 6.45) is -2.02. The predicted molar refractivity (Wildman–Crippen MR) is 130 cm³/mol. The molecule has 0 spiro atoms. The molecule has 1 fully saturated rings. The van der Waals surface area contributed by atoms with Crippen LogP contribution in [0.4, 0.5) is 19.0 Å². The van der Waals surface area contributed by atoms with Gasteiger partial charge in [0.1, 0.15) is 11.9 Å². The van der Waals surface area contributed by atoms with Gasteiger partial charge in [0.25, 0.3) is 0 Å². The number of nitrogens with zero attached hydrogens (tertiary/aromatic N) is 3. The highest BCUT2D eigenvalue weighted by atomic mass is 19.4. The van der Waals surface area contributed by atoms with E-state index in [-0.39, 0.29) is 11.7 Å². The van der Waals surface area contributed by atoms with Gasteiger partial charge in [-0.2, -0.15) is 18.2 Å². The standard InChI is InChI=1S/C26H27F3N4O3/c1-14-12-30-25-32-24(31-16(3)18-6-5-7-20(15(18)2)26(27,28)29)19-10-23(36-17-8-9-35-13-17)22(34-4)11-21(19)33(14)25/h5-7,10-12,16-17H,8-9,13H2,1-4H3,(H,30,31,32). The number of halogens is 3.